The maximum atomic E-state index is 12.0. The van der Waals surface area contributed by atoms with Gasteiger partial charge in [-0.25, -0.2) is 0 Å². The predicted molar refractivity (Wildman–Crippen MR) is 81.0 cm³/mol. The molecule has 21 heavy (non-hydrogen) atoms. The Labute approximate surface area is 126 Å². The van der Waals surface area contributed by atoms with E-state index in [2.05, 4.69) is 15.5 Å². The summed E-state index contributed by atoms with van der Waals surface area (Å²) >= 11 is 1.37. The number of benzene rings is 1. The van der Waals surface area contributed by atoms with Crippen molar-refractivity contribution in [3.05, 3.63) is 34.8 Å². The second-order valence-electron chi connectivity index (χ2n) is 4.91. The van der Waals surface area contributed by atoms with Crippen molar-refractivity contribution >= 4 is 28.1 Å². The third-order valence-corrected chi connectivity index (χ3v) is 4.17. The minimum Gasteiger partial charge on any atom is -0.399 e. The summed E-state index contributed by atoms with van der Waals surface area (Å²) in [5.74, 6) is -0.116. The Bertz CT molecular complexity index is 620. The third kappa shape index (κ3) is 3.56. The van der Waals surface area contributed by atoms with Crippen LogP contribution < -0.4 is 11.1 Å². The van der Waals surface area contributed by atoms with Crippen molar-refractivity contribution in [1.82, 2.24) is 10.2 Å². The van der Waals surface area contributed by atoms with Crippen LogP contribution in [0.5, 0.6) is 0 Å². The zero-order valence-electron chi connectivity index (χ0n) is 11.4. The SMILES string of the molecule is Nc1ccc(CC(=O)Nc2nnc(C3CCCO3)s2)cc1. The number of aromatic nitrogens is 2. The highest BCUT2D eigenvalue weighted by atomic mass is 32.1. The molecule has 1 unspecified atom stereocenters. The van der Waals surface area contributed by atoms with Gasteiger partial charge in [0.05, 0.1) is 6.42 Å². The summed E-state index contributed by atoms with van der Waals surface area (Å²) in [5.41, 5.74) is 7.21. The van der Waals surface area contributed by atoms with E-state index < -0.39 is 0 Å². The Morgan fingerprint density at radius 2 is 2.19 bits per heavy atom. The average Bonchev–Trinajstić information content (AvgIpc) is 3.12. The zero-order chi connectivity index (χ0) is 14.7. The van der Waals surface area contributed by atoms with E-state index in [1.165, 1.54) is 11.3 Å². The number of nitrogens with one attached hydrogen (secondary N) is 1. The Morgan fingerprint density at radius 3 is 2.90 bits per heavy atom. The summed E-state index contributed by atoms with van der Waals surface area (Å²) in [6, 6.07) is 7.24. The van der Waals surface area contributed by atoms with Crippen molar-refractivity contribution < 1.29 is 9.53 Å². The Kier molecular flexibility index (Phi) is 4.12. The number of hydrogen-bond acceptors (Lipinski definition) is 6. The first kappa shape index (κ1) is 14.0. The van der Waals surface area contributed by atoms with Gasteiger partial charge in [0.1, 0.15) is 11.1 Å². The molecule has 1 fully saturated rings. The van der Waals surface area contributed by atoms with Gasteiger partial charge in [0.15, 0.2) is 0 Å². The van der Waals surface area contributed by atoms with Crippen molar-refractivity contribution in [3.8, 4) is 0 Å². The van der Waals surface area contributed by atoms with E-state index in [1.54, 1.807) is 12.1 Å². The van der Waals surface area contributed by atoms with E-state index in [0.717, 1.165) is 30.0 Å². The van der Waals surface area contributed by atoms with Crippen LogP contribution in [0, 0.1) is 0 Å². The molecule has 2 aromatic rings. The number of rotatable bonds is 4. The Balaban J connectivity index is 1.58. The number of carbonyl (C=O) groups is 1. The van der Waals surface area contributed by atoms with Gasteiger partial charge in [0, 0.05) is 12.3 Å². The maximum absolute atomic E-state index is 12.0. The number of nitrogen functional groups attached to an aromatic ring is 1. The van der Waals surface area contributed by atoms with Crippen molar-refractivity contribution in [1.29, 1.82) is 0 Å². The van der Waals surface area contributed by atoms with Crippen LogP contribution >= 0.6 is 11.3 Å². The quantitative estimate of drug-likeness (QED) is 0.845. The first-order valence-electron chi connectivity index (χ1n) is 6.80. The molecule has 3 rings (SSSR count). The van der Waals surface area contributed by atoms with Crippen LogP contribution in [0.1, 0.15) is 29.5 Å². The molecule has 0 aliphatic carbocycles. The van der Waals surface area contributed by atoms with Gasteiger partial charge in [0.25, 0.3) is 0 Å². The molecular weight excluding hydrogens is 288 g/mol. The summed E-state index contributed by atoms with van der Waals surface area (Å²) in [6.07, 6.45) is 2.33. The lowest BCUT2D eigenvalue weighted by atomic mass is 10.1. The largest absolute Gasteiger partial charge is 0.399 e. The number of carbonyl (C=O) groups excluding carboxylic acids is 1. The van der Waals surface area contributed by atoms with Crippen molar-refractivity contribution in [3.63, 3.8) is 0 Å². The Morgan fingerprint density at radius 1 is 1.38 bits per heavy atom. The van der Waals surface area contributed by atoms with Crippen LogP contribution in [0.3, 0.4) is 0 Å². The number of nitrogens with two attached hydrogens (primary N) is 1. The van der Waals surface area contributed by atoms with Crippen LogP contribution in [0.25, 0.3) is 0 Å². The van der Waals surface area contributed by atoms with Crippen LogP contribution in [-0.4, -0.2) is 22.7 Å². The molecule has 1 aromatic carbocycles. The molecule has 7 heteroatoms. The third-order valence-electron chi connectivity index (χ3n) is 3.24. The highest BCUT2D eigenvalue weighted by Gasteiger charge is 2.22. The first-order chi connectivity index (χ1) is 10.2. The minimum absolute atomic E-state index is 0.0326. The van der Waals surface area contributed by atoms with Crippen molar-refractivity contribution in [2.24, 2.45) is 0 Å². The summed E-state index contributed by atoms with van der Waals surface area (Å²) in [6.45, 7) is 0.767. The number of ether oxygens (including phenoxy) is 1. The fraction of sp³-hybridized carbons (Fsp3) is 0.357. The molecule has 110 valence electrons. The molecule has 1 aliphatic rings. The fourth-order valence-electron chi connectivity index (χ4n) is 2.17. The fourth-order valence-corrected chi connectivity index (χ4v) is 3.02. The second kappa shape index (κ2) is 6.19. The summed E-state index contributed by atoms with van der Waals surface area (Å²) in [7, 11) is 0. The molecule has 1 aliphatic heterocycles. The molecule has 3 N–H and O–H groups in total. The van der Waals surface area contributed by atoms with Crippen LogP contribution in [0.4, 0.5) is 10.8 Å². The summed E-state index contributed by atoms with van der Waals surface area (Å²) in [4.78, 5) is 12.0. The smallest absolute Gasteiger partial charge is 0.230 e. The first-order valence-corrected chi connectivity index (χ1v) is 7.61. The highest BCUT2D eigenvalue weighted by Crippen LogP contribution is 2.31. The van der Waals surface area contributed by atoms with E-state index in [-0.39, 0.29) is 18.4 Å². The maximum Gasteiger partial charge on any atom is 0.230 e. The summed E-state index contributed by atoms with van der Waals surface area (Å²) < 4.78 is 5.55. The van der Waals surface area contributed by atoms with Gasteiger partial charge < -0.3 is 15.8 Å². The lowest BCUT2D eigenvalue weighted by Gasteiger charge is -2.03. The minimum atomic E-state index is -0.116. The molecule has 1 aromatic heterocycles. The molecule has 0 spiro atoms. The van der Waals surface area contributed by atoms with Gasteiger partial charge in [-0.15, -0.1) is 10.2 Å². The average molecular weight is 304 g/mol. The normalized spacial score (nSPS) is 17.8. The molecule has 1 amide bonds. The van der Waals surface area contributed by atoms with E-state index in [9.17, 15) is 4.79 Å². The number of nitrogens with zero attached hydrogens (tertiary/aromatic N) is 2. The molecule has 1 atom stereocenters. The number of anilines is 2. The highest BCUT2D eigenvalue weighted by molar-refractivity contribution is 7.15. The van der Waals surface area contributed by atoms with Crippen LogP contribution in [-0.2, 0) is 16.0 Å². The monoisotopic (exact) mass is 304 g/mol. The molecule has 0 saturated carbocycles. The van der Waals surface area contributed by atoms with Gasteiger partial charge in [-0.3, -0.25) is 4.79 Å². The number of amides is 1. The van der Waals surface area contributed by atoms with Crippen molar-refractivity contribution in [2.75, 3.05) is 17.7 Å². The van der Waals surface area contributed by atoms with Gasteiger partial charge in [0.2, 0.25) is 11.0 Å². The lowest BCUT2D eigenvalue weighted by Crippen LogP contribution is -2.14. The van der Waals surface area contributed by atoms with Gasteiger partial charge in [-0.05, 0) is 30.5 Å². The van der Waals surface area contributed by atoms with Crippen molar-refractivity contribution in [2.45, 2.75) is 25.4 Å². The molecule has 0 radical (unpaired) electrons. The molecule has 0 bridgehead atoms. The molecular formula is C14H16N4O2S. The number of hydrogen-bond donors (Lipinski definition) is 2. The standard InChI is InChI=1S/C14H16N4O2S/c15-10-5-3-9(4-6-10)8-12(19)16-14-18-17-13(21-14)11-2-1-7-20-11/h3-6,11H,1-2,7-8,15H2,(H,16,18,19). The predicted octanol–water partition coefficient (Wildman–Crippen LogP) is 2.15. The molecule has 6 nitrogen and oxygen atoms in total. The van der Waals surface area contributed by atoms with E-state index in [1.807, 2.05) is 12.1 Å². The lowest BCUT2D eigenvalue weighted by molar-refractivity contribution is -0.115. The van der Waals surface area contributed by atoms with Crippen LogP contribution in [0.2, 0.25) is 0 Å². The van der Waals surface area contributed by atoms with Gasteiger partial charge in [-0.1, -0.05) is 23.5 Å². The van der Waals surface area contributed by atoms with E-state index in [4.69, 9.17) is 10.5 Å². The molecule has 1 saturated heterocycles. The van der Waals surface area contributed by atoms with E-state index in [0.29, 0.717) is 10.8 Å². The topological polar surface area (TPSA) is 90.1 Å². The van der Waals surface area contributed by atoms with Gasteiger partial charge >= 0.3 is 0 Å². The second-order valence-corrected chi connectivity index (χ2v) is 5.92. The zero-order valence-corrected chi connectivity index (χ0v) is 12.2. The summed E-state index contributed by atoms with van der Waals surface area (Å²) in [5, 5.41) is 12.2. The Hall–Kier alpha value is -1.99. The molecule has 2 heterocycles. The van der Waals surface area contributed by atoms with E-state index >= 15 is 0 Å². The van der Waals surface area contributed by atoms with Gasteiger partial charge in [-0.2, -0.15) is 0 Å². The van der Waals surface area contributed by atoms with Crippen LogP contribution in [0.15, 0.2) is 24.3 Å².